The van der Waals surface area contributed by atoms with Gasteiger partial charge in [0.05, 0.1) is 80.4 Å². The second-order valence-corrected chi connectivity index (χ2v) is 21.9. The fourth-order valence-electron chi connectivity index (χ4n) is 7.32. The second-order valence-electron chi connectivity index (χ2n) is 15.5. The van der Waals surface area contributed by atoms with Gasteiger partial charge < -0.3 is 25.8 Å². The number of anilines is 1. The number of benzene rings is 8. The molecule has 0 fully saturated rings. The molecule has 11 N–H and O–H groups in total. The highest BCUT2D eigenvalue weighted by atomic mass is 32.2. The summed E-state index contributed by atoms with van der Waals surface area (Å²) < 4.78 is 124. The SMILES string of the molecule is COc1ccc(N=Nc2c(S(=O)(=O)O)cc3cc(N=Nc4c(S(=O)(=O)O)cc5cc(SOOO)c(N=Nc6ccc7cc(SOOO)c(N=Nc8ccccc8S(=O)(=O)O)c(O)c7c6)c(N)c5c4O)ccc3c2O)c(SOOO)c1. The number of azo groups is 4. The Bertz CT molecular complexity index is 4250. The minimum absolute atomic E-state index is 0.00920. The zero-order valence-electron chi connectivity index (χ0n) is 39.3. The van der Waals surface area contributed by atoms with E-state index in [1.807, 2.05) is 0 Å². The van der Waals surface area contributed by atoms with E-state index in [1.54, 1.807) is 0 Å². The van der Waals surface area contributed by atoms with Gasteiger partial charge in [-0.25, -0.2) is 15.8 Å². The van der Waals surface area contributed by atoms with E-state index in [9.17, 15) is 54.2 Å². The van der Waals surface area contributed by atoms with Gasteiger partial charge in [-0.3, -0.25) is 13.7 Å². The molecule has 0 atom stereocenters. The maximum Gasteiger partial charge on any atom is 0.296 e. The normalized spacial score (nSPS) is 12.7. The number of rotatable bonds is 21. The number of ether oxygens (including phenoxy) is 1. The summed E-state index contributed by atoms with van der Waals surface area (Å²) in [5.74, 6) is -2.11. The van der Waals surface area contributed by atoms with Crippen molar-refractivity contribution in [2.24, 2.45) is 40.9 Å². The lowest BCUT2D eigenvalue weighted by atomic mass is 10.0. The number of nitrogens with zero attached hydrogens (tertiary/aromatic N) is 8. The van der Waals surface area contributed by atoms with Gasteiger partial charge in [0.15, 0.2) is 17.2 Å². The third-order valence-corrected chi connectivity index (χ3v) is 15.3. The van der Waals surface area contributed by atoms with Crippen LogP contribution in [-0.4, -0.2) is 77.1 Å². The van der Waals surface area contributed by atoms with E-state index in [4.69, 9.17) is 26.2 Å². The summed E-state index contributed by atoms with van der Waals surface area (Å²) >= 11 is 1.10. The van der Waals surface area contributed by atoms with Gasteiger partial charge in [-0.05, 0) is 101 Å². The predicted octanol–water partition coefficient (Wildman–Crippen LogP) is 12.5. The molecule has 416 valence electrons. The fraction of sp³-hybridized carbons (Fsp3) is 0.0233. The molecule has 31 nitrogen and oxygen atoms in total. The summed E-state index contributed by atoms with van der Waals surface area (Å²) in [7, 11) is -13.9. The van der Waals surface area contributed by atoms with Gasteiger partial charge in [-0.15, -0.1) is 43.7 Å². The third-order valence-electron chi connectivity index (χ3n) is 10.8. The molecule has 37 heteroatoms. The summed E-state index contributed by atoms with van der Waals surface area (Å²) in [6.45, 7) is 0. The monoisotopic (exact) mass is 1220 g/mol. The van der Waals surface area contributed by atoms with E-state index >= 15 is 0 Å². The molecule has 0 aliphatic rings. The van der Waals surface area contributed by atoms with Crippen LogP contribution in [0.25, 0.3) is 32.3 Å². The molecule has 0 aliphatic carbocycles. The first-order chi connectivity index (χ1) is 38.1. The molecule has 0 aliphatic heterocycles. The van der Waals surface area contributed by atoms with Crippen LogP contribution in [0.1, 0.15) is 0 Å². The first-order valence-corrected chi connectivity index (χ1v) is 27.6. The Morgan fingerprint density at radius 2 is 0.963 bits per heavy atom. The highest BCUT2D eigenvalue weighted by Crippen LogP contribution is 2.51. The van der Waals surface area contributed by atoms with Gasteiger partial charge in [0.1, 0.15) is 54.6 Å². The Hall–Kier alpha value is -7.64. The summed E-state index contributed by atoms with van der Waals surface area (Å²) in [5, 5.41) is 104. The number of aromatic hydroxyl groups is 3. The number of fused-ring (bicyclic) bond motifs is 3. The maximum atomic E-state index is 12.9. The minimum Gasteiger partial charge on any atom is -0.505 e. The zero-order valence-corrected chi connectivity index (χ0v) is 44.2. The smallest absolute Gasteiger partial charge is 0.296 e. The number of hydrogen-bond acceptors (Lipinski definition) is 31. The second kappa shape index (κ2) is 24.4. The molecule has 0 amide bonds. The van der Waals surface area contributed by atoms with Gasteiger partial charge in [-0.1, -0.05) is 33.3 Å². The molecule has 0 radical (unpaired) electrons. The van der Waals surface area contributed by atoms with Crippen LogP contribution in [0.2, 0.25) is 0 Å². The van der Waals surface area contributed by atoms with Gasteiger partial charge in [0, 0.05) is 10.8 Å². The van der Waals surface area contributed by atoms with Crippen molar-refractivity contribution >= 4 is 150 Å². The molecule has 0 unspecified atom stereocenters. The van der Waals surface area contributed by atoms with Crippen molar-refractivity contribution < 1.29 is 103 Å². The van der Waals surface area contributed by atoms with Crippen LogP contribution in [0, 0.1) is 0 Å². The van der Waals surface area contributed by atoms with Crippen LogP contribution in [0.3, 0.4) is 0 Å². The Kier molecular flexibility index (Phi) is 17.8. The van der Waals surface area contributed by atoms with E-state index in [0.717, 1.165) is 30.3 Å². The molecule has 8 aromatic carbocycles. The Morgan fingerprint density at radius 3 is 1.60 bits per heavy atom. The topological polar surface area (TPSA) is 474 Å². The quantitative estimate of drug-likeness (QED) is 0.00797. The lowest BCUT2D eigenvalue weighted by Gasteiger charge is -2.14. The van der Waals surface area contributed by atoms with Crippen LogP contribution < -0.4 is 10.5 Å². The van der Waals surface area contributed by atoms with Crippen molar-refractivity contribution in [1.29, 1.82) is 0 Å². The third kappa shape index (κ3) is 12.8. The van der Waals surface area contributed by atoms with Crippen molar-refractivity contribution in [1.82, 2.24) is 0 Å². The first-order valence-electron chi connectivity index (χ1n) is 21.1. The largest absolute Gasteiger partial charge is 0.505 e. The number of nitrogen functional groups attached to an aromatic ring is 1. The predicted molar refractivity (Wildman–Crippen MR) is 279 cm³/mol. The fourth-order valence-corrected chi connectivity index (χ4v) is 10.7. The lowest BCUT2D eigenvalue weighted by Crippen LogP contribution is -2.00. The molecule has 0 saturated carbocycles. The minimum atomic E-state index is -5.28. The van der Waals surface area contributed by atoms with E-state index in [-0.39, 0.29) is 87.8 Å². The number of hydrogen-bond donors (Lipinski definition) is 10. The Labute approximate surface area is 459 Å². The molecular weight excluding hydrogens is 1190 g/mol. The number of phenolic OH excluding ortho intramolecular Hbond substituents is 3. The van der Waals surface area contributed by atoms with Crippen molar-refractivity contribution in [2.75, 3.05) is 12.8 Å². The van der Waals surface area contributed by atoms with Crippen molar-refractivity contribution in [3.8, 4) is 23.0 Å². The lowest BCUT2D eigenvalue weighted by molar-refractivity contribution is -0.432. The van der Waals surface area contributed by atoms with Gasteiger partial charge in [0.25, 0.3) is 30.4 Å². The molecule has 0 bridgehead atoms. The molecule has 0 aromatic heterocycles. The van der Waals surface area contributed by atoms with E-state index in [0.29, 0.717) is 35.2 Å². The Balaban J connectivity index is 1.19. The summed E-state index contributed by atoms with van der Waals surface area (Å²) in [6, 6.07) is 21.1. The van der Waals surface area contributed by atoms with Gasteiger partial charge in [-0.2, -0.15) is 35.5 Å². The van der Waals surface area contributed by atoms with Crippen molar-refractivity contribution in [3.05, 3.63) is 103 Å². The Morgan fingerprint density at radius 1 is 0.450 bits per heavy atom. The molecule has 8 aromatic rings. The average molecular weight is 1220 g/mol. The highest BCUT2D eigenvalue weighted by molar-refractivity contribution is 7.95. The van der Waals surface area contributed by atoms with Gasteiger partial charge >= 0.3 is 0 Å². The first kappa shape index (κ1) is 58.5. The van der Waals surface area contributed by atoms with Crippen molar-refractivity contribution in [3.63, 3.8) is 0 Å². The molecule has 0 spiro atoms. The van der Waals surface area contributed by atoms with Crippen LogP contribution in [0.5, 0.6) is 23.0 Å². The number of methoxy groups -OCH3 is 1. The van der Waals surface area contributed by atoms with Crippen LogP contribution in [0.15, 0.2) is 173 Å². The van der Waals surface area contributed by atoms with Crippen LogP contribution in [0.4, 0.5) is 51.2 Å². The standard InChI is InChI=1S/C43H31N9O22S6/c1-68-24-9-11-27(29(18-24)75-72-69-56)47-52-39-33(79(62,63)64)15-20-12-22(8-10-25(20)41(39)53)45-51-40-34(80(65,66)67)16-21-14-30(76-73-70-57)37(36(44)35(21)43(40)55)49-46-23-7-6-19-13-31(77-74-71-58)38(42(54)26(19)17-23)50-48-28-4-2-3-5-32(28)78(59,60)61/h2-18,53-58H,44H2,1H3,(H,59,60,61)(H,62,63,64)(H,65,66,67). The van der Waals surface area contributed by atoms with E-state index in [1.165, 1.54) is 79.9 Å². The van der Waals surface area contributed by atoms with E-state index < -0.39 is 79.4 Å². The zero-order chi connectivity index (χ0) is 57.7. The van der Waals surface area contributed by atoms with E-state index in [2.05, 4.69) is 69.0 Å². The average Bonchev–Trinajstić information content (AvgIpc) is 3.42. The molecular formula is C43H31N9O22S6. The molecule has 0 saturated heterocycles. The maximum absolute atomic E-state index is 12.9. The highest BCUT2D eigenvalue weighted by Gasteiger charge is 2.27. The molecule has 80 heavy (non-hydrogen) atoms. The summed E-state index contributed by atoms with van der Waals surface area (Å²) in [6.07, 6.45) is 0. The number of nitrogens with two attached hydrogens (primary N) is 1. The summed E-state index contributed by atoms with van der Waals surface area (Å²) in [4.78, 5) is -2.63. The molecule has 0 heterocycles. The summed E-state index contributed by atoms with van der Waals surface area (Å²) in [5.41, 5.74) is 3.25. The van der Waals surface area contributed by atoms with Gasteiger partial charge in [0.2, 0.25) is 0 Å². The van der Waals surface area contributed by atoms with Crippen molar-refractivity contribution in [2.45, 2.75) is 29.4 Å². The molecule has 8 rings (SSSR count). The van der Waals surface area contributed by atoms with Crippen LogP contribution in [-0.2, 0) is 58.5 Å². The van der Waals surface area contributed by atoms with Crippen LogP contribution >= 0.6 is 36.1 Å². The number of phenols is 3.